The topological polar surface area (TPSA) is 74.0 Å². The van der Waals surface area contributed by atoms with Gasteiger partial charge in [0.15, 0.2) is 5.96 Å². The summed E-state index contributed by atoms with van der Waals surface area (Å²) in [5.74, 6) is 1.91. The molecule has 2 heterocycles. The summed E-state index contributed by atoms with van der Waals surface area (Å²) < 4.78 is 0. The lowest BCUT2D eigenvalue weighted by Crippen LogP contribution is -2.48. The largest absolute Gasteiger partial charge is 0.370 e. The van der Waals surface area contributed by atoms with Crippen LogP contribution in [0.3, 0.4) is 0 Å². The number of guanidine groups is 1. The number of carbonyl (C=O) groups is 1. The molecule has 0 bridgehead atoms. The highest BCUT2D eigenvalue weighted by atomic mass is 127. The normalized spacial score (nSPS) is 28.5. The second-order valence-electron chi connectivity index (χ2n) is 7.43. The van der Waals surface area contributed by atoms with Crippen molar-refractivity contribution in [3.63, 3.8) is 0 Å². The maximum atomic E-state index is 11.2. The van der Waals surface area contributed by atoms with Gasteiger partial charge in [-0.15, -0.1) is 24.0 Å². The number of hydrogen-bond donors (Lipinski definition) is 2. The summed E-state index contributed by atoms with van der Waals surface area (Å²) in [5, 5.41) is 3.57. The number of rotatable bonds is 5. The van der Waals surface area contributed by atoms with Gasteiger partial charge in [-0.2, -0.15) is 0 Å². The third kappa shape index (κ3) is 5.47. The molecule has 0 spiro atoms. The van der Waals surface area contributed by atoms with Gasteiger partial charge in [-0.25, -0.2) is 0 Å². The zero-order valence-electron chi connectivity index (χ0n) is 14.7. The van der Waals surface area contributed by atoms with Crippen LogP contribution in [0.25, 0.3) is 0 Å². The molecule has 0 aromatic carbocycles. The quantitative estimate of drug-likeness (QED) is 0.377. The Morgan fingerprint density at radius 3 is 2.62 bits per heavy atom. The lowest BCUT2D eigenvalue weighted by Gasteiger charge is -2.35. The van der Waals surface area contributed by atoms with Gasteiger partial charge in [0.2, 0.25) is 5.91 Å². The van der Waals surface area contributed by atoms with E-state index >= 15 is 0 Å². The molecule has 1 amide bonds. The molecule has 0 aromatic heterocycles. The molecule has 3 aliphatic rings. The maximum Gasteiger partial charge on any atom is 0.217 e. The third-order valence-corrected chi connectivity index (χ3v) is 5.45. The minimum atomic E-state index is -0.189. The van der Waals surface area contributed by atoms with Gasteiger partial charge in [0.1, 0.15) is 0 Å². The number of hydrogen-bond acceptors (Lipinski definition) is 3. The van der Waals surface area contributed by atoms with E-state index in [1.807, 2.05) is 7.05 Å². The molecule has 3 fully saturated rings. The van der Waals surface area contributed by atoms with Gasteiger partial charge in [0.05, 0.1) is 0 Å². The lowest BCUT2D eigenvalue weighted by atomic mass is 9.95. The van der Waals surface area contributed by atoms with Crippen LogP contribution in [0.2, 0.25) is 0 Å². The molecule has 7 heteroatoms. The van der Waals surface area contributed by atoms with E-state index in [4.69, 9.17) is 5.73 Å². The molecule has 0 radical (unpaired) electrons. The highest BCUT2D eigenvalue weighted by Crippen LogP contribution is 2.31. The number of nitrogens with two attached hydrogens (primary N) is 1. The molecule has 3 N–H and O–H groups in total. The first kappa shape index (κ1) is 19.8. The summed E-state index contributed by atoms with van der Waals surface area (Å²) in [5.41, 5.74) is 5.35. The van der Waals surface area contributed by atoms with Crippen LogP contribution in [0.15, 0.2) is 4.99 Å². The van der Waals surface area contributed by atoms with E-state index in [2.05, 4.69) is 20.1 Å². The Morgan fingerprint density at radius 2 is 1.96 bits per heavy atom. The van der Waals surface area contributed by atoms with Gasteiger partial charge in [0, 0.05) is 45.7 Å². The van der Waals surface area contributed by atoms with E-state index in [9.17, 15) is 4.79 Å². The van der Waals surface area contributed by atoms with Crippen molar-refractivity contribution < 1.29 is 4.79 Å². The summed E-state index contributed by atoms with van der Waals surface area (Å²) in [6, 6.07) is 0.885. The molecule has 24 heavy (non-hydrogen) atoms. The Hall–Kier alpha value is -0.570. The van der Waals surface area contributed by atoms with Crippen LogP contribution >= 0.6 is 24.0 Å². The fourth-order valence-electron chi connectivity index (χ4n) is 4.08. The van der Waals surface area contributed by atoms with E-state index in [1.54, 1.807) is 0 Å². The number of nitrogens with one attached hydrogen (secondary N) is 1. The number of aliphatic imine (C=N–C) groups is 1. The highest BCUT2D eigenvalue weighted by Gasteiger charge is 2.34. The third-order valence-electron chi connectivity index (χ3n) is 5.45. The van der Waals surface area contributed by atoms with Crippen molar-refractivity contribution in [2.75, 3.05) is 39.8 Å². The zero-order chi connectivity index (χ0) is 16.2. The van der Waals surface area contributed by atoms with Gasteiger partial charge >= 0.3 is 0 Å². The molecule has 1 saturated carbocycles. The van der Waals surface area contributed by atoms with Crippen molar-refractivity contribution in [3.05, 3.63) is 0 Å². The van der Waals surface area contributed by atoms with Crippen LogP contribution in [-0.4, -0.2) is 67.5 Å². The predicted octanol–water partition coefficient (Wildman–Crippen LogP) is 1.25. The lowest BCUT2D eigenvalue weighted by molar-refractivity contribution is -0.119. The van der Waals surface area contributed by atoms with Crippen molar-refractivity contribution in [2.24, 2.45) is 22.6 Å². The van der Waals surface area contributed by atoms with Crippen LogP contribution in [0, 0.1) is 11.8 Å². The number of nitrogens with zero attached hydrogens (tertiary/aromatic N) is 3. The average molecular weight is 449 g/mol. The summed E-state index contributed by atoms with van der Waals surface area (Å²) in [6.07, 6.45) is 6.79. The Kier molecular flexibility index (Phi) is 7.59. The molecule has 1 aliphatic carbocycles. The Morgan fingerprint density at radius 1 is 1.17 bits per heavy atom. The fraction of sp³-hybridized carbons (Fsp3) is 0.882. The van der Waals surface area contributed by atoms with Gasteiger partial charge in [-0.3, -0.25) is 9.79 Å². The Bertz CT molecular complexity index is 454. The molecule has 3 rings (SSSR count). The van der Waals surface area contributed by atoms with E-state index in [0.29, 0.717) is 12.3 Å². The van der Waals surface area contributed by atoms with E-state index in [-0.39, 0.29) is 29.9 Å². The SMILES string of the molecule is CN=C(NCC1CCN(C2CC2)C1)N1CCCC(CC(N)=O)C1.I. The van der Waals surface area contributed by atoms with Gasteiger partial charge < -0.3 is 20.9 Å². The van der Waals surface area contributed by atoms with Crippen molar-refractivity contribution in [1.82, 2.24) is 15.1 Å². The molecule has 2 atom stereocenters. The highest BCUT2D eigenvalue weighted by molar-refractivity contribution is 14.0. The smallest absolute Gasteiger partial charge is 0.217 e. The van der Waals surface area contributed by atoms with E-state index in [1.165, 1.54) is 32.4 Å². The van der Waals surface area contributed by atoms with Crippen LogP contribution < -0.4 is 11.1 Å². The molecule has 2 unspecified atom stereocenters. The number of piperidine rings is 1. The first-order valence-electron chi connectivity index (χ1n) is 9.13. The van der Waals surface area contributed by atoms with Crippen LogP contribution in [-0.2, 0) is 4.79 Å². The molecular weight excluding hydrogens is 417 g/mol. The number of primary amides is 1. The van der Waals surface area contributed by atoms with Crippen molar-refractivity contribution >= 4 is 35.8 Å². The van der Waals surface area contributed by atoms with Crippen molar-refractivity contribution in [2.45, 2.75) is 44.6 Å². The second-order valence-corrected chi connectivity index (χ2v) is 7.43. The molecule has 0 aromatic rings. The van der Waals surface area contributed by atoms with Crippen LogP contribution in [0.4, 0.5) is 0 Å². The van der Waals surface area contributed by atoms with Gasteiger partial charge in [-0.1, -0.05) is 0 Å². The number of halogens is 1. The first-order chi connectivity index (χ1) is 11.2. The molecular formula is C17H32IN5O. The monoisotopic (exact) mass is 449 g/mol. The minimum absolute atomic E-state index is 0. The summed E-state index contributed by atoms with van der Waals surface area (Å²) in [6.45, 7) is 5.42. The summed E-state index contributed by atoms with van der Waals surface area (Å²) >= 11 is 0. The Labute approximate surface area is 162 Å². The first-order valence-corrected chi connectivity index (χ1v) is 9.13. The number of amides is 1. The molecule has 2 aliphatic heterocycles. The fourth-order valence-corrected chi connectivity index (χ4v) is 4.08. The Balaban J connectivity index is 0.00000208. The summed E-state index contributed by atoms with van der Waals surface area (Å²) in [7, 11) is 1.85. The van der Waals surface area contributed by atoms with Crippen LogP contribution in [0.1, 0.15) is 38.5 Å². The van der Waals surface area contributed by atoms with Crippen molar-refractivity contribution in [1.29, 1.82) is 0 Å². The maximum absolute atomic E-state index is 11.2. The predicted molar refractivity (Wildman–Crippen MR) is 108 cm³/mol. The average Bonchev–Trinajstić information content (AvgIpc) is 3.27. The zero-order valence-corrected chi connectivity index (χ0v) is 17.1. The summed E-state index contributed by atoms with van der Waals surface area (Å²) in [4.78, 5) is 20.6. The number of carbonyl (C=O) groups excluding carboxylic acids is 1. The second kappa shape index (κ2) is 9.22. The van der Waals surface area contributed by atoms with Gasteiger partial charge in [-0.05, 0) is 50.5 Å². The van der Waals surface area contributed by atoms with Crippen molar-refractivity contribution in [3.8, 4) is 0 Å². The standard InChI is InChI=1S/C17H31N5O.HI/c1-19-17(22-7-2-3-13(11-22)9-16(18)23)20-10-14-6-8-21(12-14)15-4-5-15;/h13-15H,2-12H2,1H3,(H2,18,23)(H,19,20);1H. The van der Waals surface area contributed by atoms with E-state index in [0.717, 1.165) is 50.4 Å². The molecule has 2 saturated heterocycles. The molecule has 6 nitrogen and oxygen atoms in total. The van der Waals surface area contributed by atoms with E-state index < -0.39 is 0 Å². The van der Waals surface area contributed by atoms with Crippen LogP contribution in [0.5, 0.6) is 0 Å². The minimum Gasteiger partial charge on any atom is -0.370 e. The molecule has 138 valence electrons. The number of likely N-dealkylation sites (tertiary alicyclic amines) is 2. The van der Waals surface area contributed by atoms with Gasteiger partial charge in [0.25, 0.3) is 0 Å².